The van der Waals surface area contributed by atoms with Crippen molar-refractivity contribution in [3.8, 4) is 17.0 Å². The Hall–Kier alpha value is -2.10. The number of anilines is 1. The first-order valence-corrected chi connectivity index (χ1v) is 6.63. The molecule has 0 bridgehead atoms. The van der Waals surface area contributed by atoms with Crippen LogP contribution in [0.4, 0.5) is 5.82 Å². The number of nitrogens with zero attached hydrogens (tertiary/aromatic N) is 2. The summed E-state index contributed by atoms with van der Waals surface area (Å²) < 4.78 is 5.65. The van der Waals surface area contributed by atoms with E-state index in [1.807, 2.05) is 31.2 Å². The highest BCUT2D eigenvalue weighted by Gasteiger charge is 2.07. The highest BCUT2D eigenvalue weighted by Crippen LogP contribution is 2.26. The highest BCUT2D eigenvalue weighted by atomic mass is 16.5. The van der Waals surface area contributed by atoms with E-state index < -0.39 is 0 Å². The zero-order valence-corrected chi connectivity index (χ0v) is 11.4. The van der Waals surface area contributed by atoms with Gasteiger partial charge in [0.15, 0.2) is 5.82 Å². The van der Waals surface area contributed by atoms with E-state index in [2.05, 4.69) is 22.2 Å². The molecule has 0 unspecified atom stereocenters. The second-order valence-corrected chi connectivity index (χ2v) is 4.16. The van der Waals surface area contributed by atoms with Gasteiger partial charge in [-0.2, -0.15) is 0 Å². The molecule has 1 N–H and O–H groups in total. The van der Waals surface area contributed by atoms with Gasteiger partial charge in [0.1, 0.15) is 11.4 Å². The number of rotatable bonds is 6. The van der Waals surface area contributed by atoms with Crippen molar-refractivity contribution >= 4 is 5.82 Å². The predicted molar refractivity (Wildman–Crippen MR) is 77.4 cm³/mol. The van der Waals surface area contributed by atoms with Gasteiger partial charge in [0.2, 0.25) is 0 Å². The lowest BCUT2D eigenvalue weighted by Crippen LogP contribution is -2.02. The fraction of sp³-hybridized carbons (Fsp3) is 0.333. The number of ether oxygens (including phenoxy) is 1. The summed E-state index contributed by atoms with van der Waals surface area (Å²) in [5.74, 6) is 1.67. The average molecular weight is 257 g/mol. The van der Waals surface area contributed by atoms with Crippen LogP contribution in [0.5, 0.6) is 5.75 Å². The highest BCUT2D eigenvalue weighted by molar-refractivity contribution is 5.72. The normalized spacial score (nSPS) is 10.2. The molecule has 0 aliphatic carbocycles. The van der Waals surface area contributed by atoms with Crippen molar-refractivity contribution < 1.29 is 4.74 Å². The second-order valence-electron chi connectivity index (χ2n) is 4.16. The molecule has 0 radical (unpaired) electrons. The van der Waals surface area contributed by atoms with Gasteiger partial charge in [0.05, 0.1) is 6.61 Å². The topological polar surface area (TPSA) is 47.0 Å². The van der Waals surface area contributed by atoms with E-state index in [-0.39, 0.29) is 0 Å². The van der Waals surface area contributed by atoms with Crippen LogP contribution in [0.2, 0.25) is 0 Å². The van der Waals surface area contributed by atoms with Crippen molar-refractivity contribution in [2.24, 2.45) is 0 Å². The van der Waals surface area contributed by atoms with Gasteiger partial charge in [-0.1, -0.05) is 19.1 Å². The Bertz CT molecular complexity index is 528. The van der Waals surface area contributed by atoms with E-state index in [1.54, 1.807) is 12.4 Å². The minimum atomic E-state index is 0.726. The van der Waals surface area contributed by atoms with Crippen LogP contribution in [-0.4, -0.2) is 23.1 Å². The predicted octanol–water partition coefficient (Wildman–Crippen LogP) is 3.36. The van der Waals surface area contributed by atoms with Gasteiger partial charge >= 0.3 is 0 Å². The van der Waals surface area contributed by atoms with Crippen LogP contribution in [0, 0.1) is 0 Å². The molecule has 4 heteroatoms. The Morgan fingerprint density at radius 2 is 2.00 bits per heavy atom. The van der Waals surface area contributed by atoms with Crippen LogP contribution in [0.25, 0.3) is 11.3 Å². The molecule has 19 heavy (non-hydrogen) atoms. The molecule has 4 nitrogen and oxygen atoms in total. The average Bonchev–Trinajstić information content (AvgIpc) is 2.46. The molecule has 0 atom stereocenters. The van der Waals surface area contributed by atoms with Gasteiger partial charge in [-0.25, -0.2) is 4.98 Å². The third kappa shape index (κ3) is 3.44. The Morgan fingerprint density at radius 1 is 1.16 bits per heavy atom. The lowest BCUT2D eigenvalue weighted by Gasteiger charge is -2.10. The summed E-state index contributed by atoms with van der Waals surface area (Å²) >= 11 is 0. The summed E-state index contributed by atoms with van der Waals surface area (Å²) in [4.78, 5) is 8.73. The molecule has 0 aliphatic heterocycles. The van der Waals surface area contributed by atoms with Gasteiger partial charge in [-0.3, -0.25) is 4.98 Å². The number of hydrogen-bond acceptors (Lipinski definition) is 4. The van der Waals surface area contributed by atoms with Crippen molar-refractivity contribution in [2.45, 2.75) is 20.3 Å². The number of hydrogen-bond donors (Lipinski definition) is 1. The standard InChI is InChI=1S/C15H19N3O/c1-3-10-19-13-7-5-6-12(11-13)14-15(16-4-2)18-9-8-17-14/h5-9,11H,3-4,10H2,1-2H3,(H,16,18). The Morgan fingerprint density at radius 3 is 2.79 bits per heavy atom. The van der Waals surface area contributed by atoms with Gasteiger partial charge in [-0.05, 0) is 25.5 Å². The molecule has 1 aromatic carbocycles. The third-order valence-corrected chi connectivity index (χ3v) is 2.62. The second kappa shape index (κ2) is 6.73. The third-order valence-electron chi connectivity index (χ3n) is 2.62. The minimum absolute atomic E-state index is 0.726. The summed E-state index contributed by atoms with van der Waals surface area (Å²) in [7, 11) is 0. The van der Waals surface area contributed by atoms with Crippen LogP contribution in [0.1, 0.15) is 20.3 Å². The summed E-state index contributed by atoms with van der Waals surface area (Å²) in [6, 6.07) is 7.96. The fourth-order valence-electron chi connectivity index (χ4n) is 1.80. The van der Waals surface area contributed by atoms with Crippen LogP contribution in [0.3, 0.4) is 0 Å². The molecule has 0 spiro atoms. The summed E-state index contributed by atoms with van der Waals surface area (Å²) in [6.07, 6.45) is 4.40. The quantitative estimate of drug-likeness (QED) is 0.862. The van der Waals surface area contributed by atoms with E-state index in [1.165, 1.54) is 0 Å². The van der Waals surface area contributed by atoms with Crippen LogP contribution in [0.15, 0.2) is 36.7 Å². The maximum absolute atomic E-state index is 5.65. The first kappa shape index (κ1) is 13.3. The smallest absolute Gasteiger partial charge is 0.152 e. The zero-order valence-electron chi connectivity index (χ0n) is 11.4. The number of aromatic nitrogens is 2. The molecule has 0 fully saturated rings. The summed E-state index contributed by atoms with van der Waals surface area (Å²) in [5, 5.41) is 3.22. The van der Waals surface area contributed by atoms with Crippen molar-refractivity contribution in [3.05, 3.63) is 36.7 Å². The SMILES string of the molecule is CCCOc1cccc(-c2nccnc2NCC)c1. The van der Waals surface area contributed by atoms with Gasteiger partial charge in [0.25, 0.3) is 0 Å². The summed E-state index contributed by atoms with van der Waals surface area (Å²) in [6.45, 7) is 5.68. The molecule has 1 aromatic heterocycles. The van der Waals surface area contributed by atoms with E-state index in [9.17, 15) is 0 Å². The molecule has 1 heterocycles. The van der Waals surface area contributed by atoms with Crippen molar-refractivity contribution in [2.75, 3.05) is 18.5 Å². The van der Waals surface area contributed by atoms with E-state index in [0.717, 1.165) is 42.4 Å². The first-order valence-electron chi connectivity index (χ1n) is 6.63. The van der Waals surface area contributed by atoms with Gasteiger partial charge < -0.3 is 10.1 Å². The maximum Gasteiger partial charge on any atom is 0.152 e. The largest absolute Gasteiger partial charge is 0.494 e. The monoisotopic (exact) mass is 257 g/mol. The van der Waals surface area contributed by atoms with E-state index >= 15 is 0 Å². The van der Waals surface area contributed by atoms with Crippen molar-refractivity contribution in [1.29, 1.82) is 0 Å². The van der Waals surface area contributed by atoms with Crippen LogP contribution < -0.4 is 10.1 Å². The molecule has 0 amide bonds. The molecule has 100 valence electrons. The van der Waals surface area contributed by atoms with Crippen LogP contribution >= 0.6 is 0 Å². The minimum Gasteiger partial charge on any atom is -0.494 e. The van der Waals surface area contributed by atoms with E-state index in [4.69, 9.17) is 4.74 Å². The van der Waals surface area contributed by atoms with E-state index in [0.29, 0.717) is 0 Å². The molecule has 0 saturated heterocycles. The number of nitrogens with one attached hydrogen (secondary N) is 1. The first-order chi connectivity index (χ1) is 9.35. The Labute approximate surface area is 113 Å². The van der Waals surface area contributed by atoms with Gasteiger partial charge in [0, 0.05) is 24.5 Å². The zero-order chi connectivity index (χ0) is 13.5. The Kier molecular flexibility index (Phi) is 4.72. The molecular formula is C15H19N3O. The molecular weight excluding hydrogens is 238 g/mol. The maximum atomic E-state index is 5.65. The molecule has 2 rings (SSSR count). The lowest BCUT2D eigenvalue weighted by molar-refractivity contribution is 0.317. The number of benzene rings is 1. The van der Waals surface area contributed by atoms with Crippen molar-refractivity contribution in [1.82, 2.24) is 9.97 Å². The van der Waals surface area contributed by atoms with Crippen molar-refractivity contribution in [3.63, 3.8) is 0 Å². The molecule has 0 aliphatic rings. The molecule has 2 aromatic rings. The fourth-order valence-corrected chi connectivity index (χ4v) is 1.80. The summed E-state index contributed by atoms with van der Waals surface area (Å²) in [5.41, 5.74) is 1.86. The van der Waals surface area contributed by atoms with Gasteiger partial charge in [-0.15, -0.1) is 0 Å². The molecule has 0 saturated carbocycles. The Balaban J connectivity index is 2.30. The lowest BCUT2D eigenvalue weighted by atomic mass is 10.1. The van der Waals surface area contributed by atoms with Crippen LogP contribution in [-0.2, 0) is 0 Å².